The van der Waals surface area contributed by atoms with Crippen LogP contribution in [-0.2, 0) is 16.6 Å². The summed E-state index contributed by atoms with van der Waals surface area (Å²) in [6.07, 6.45) is 1.40. The minimum Gasteiger partial charge on any atom is -0.326 e. The maximum atomic E-state index is 13.4. The average molecular weight is 374 g/mol. The SMILES string of the molecule is Cc1cc(F)c(Br)cc1NS(=O)(=O)c1ccc(CN)cn1. The van der Waals surface area contributed by atoms with Gasteiger partial charge in [-0.05, 0) is 52.2 Å². The third-order valence-electron chi connectivity index (χ3n) is 2.82. The lowest BCUT2D eigenvalue weighted by Gasteiger charge is -2.11. The molecule has 0 amide bonds. The van der Waals surface area contributed by atoms with Gasteiger partial charge in [0.2, 0.25) is 0 Å². The second-order valence-electron chi connectivity index (χ2n) is 4.40. The molecule has 0 aliphatic heterocycles. The van der Waals surface area contributed by atoms with Gasteiger partial charge in [-0.25, -0.2) is 9.37 Å². The van der Waals surface area contributed by atoms with Crippen molar-refractivity contribution in [2.75, 3.05) is 4.72 Å². The molecule has 0 atom stereocenters. The van der Waals surface area contributed by atoms with Crippen molar-refractivity contribution in [1.82, 2.24) is 4.98 Å². The molecule has 1 aromatic heterocycles. The van der Waals surface area contributed by atoms with Gasteiger partial charge < -0.3 is 5.73 Å². The maximum Gasteiger partial charge on any atom is 0.279 e. The molecule has 0 radical (unpaired) electrons. The summed E-state index contributed by atoms with van der Waals surface area (Å²) >= 11 is 3.02. The van der Waals surface area contributed by atoms with Crippen molar-refractivity contribution in [3.05, 3.63) is 51.9 Å². The van der Waals surface area contributed by atoms with Crippen LogP contribution < -0.4 is 10.5 Å². The van der Waals surface area contributed by atoms with Crippen molar-refractivity contribution in [2.45, 2.75) is 18.5 Å². The molecule has 8 heteroatoms. The monoisotopic (exact) mass is 373 g/mol. The Morgan fingerprint density at radius 1 is 1.38 bits per heavy atom. The van der Waals surface area contributed by atoms with Crippen LogP contribution in [0.1, 0.15) is 11.1 Å². The van der Waals surface area contributed by atoms with E-state index < -0.39 is 15.8 Å². The number of nitrogens with one attached hydrogen (secondary N) is 1. The quantitative estimate of drug-likeness (QED) is 0.862. The number of nitrogens with two attached hydrogens (primary N) is 1. The Balaban J connectivity index is 2.34. The summed E-state index contributed by atoms with van der Waals surface area (Å²) in [7, 11) is -3.84. The van der Waals surface area contributed by atoms with E-state index in [1.54, 1.807) is 13.0 Å². The lowest BCUT2D eigenvalue weighted by Crippen LogP contribution is -2.15. The molecule has 21 heavy (non-hydrogen) atoms. The highest BCUT2D eigenvalue weighted by atomic mass is 79.9. The second-order valence-corrected chi connectivity index (χ2v) is 6.88. The number of aryl methyl sites for hydroxylation is 1. The van der Waals surface area contributed by atoms with E-state index in [0.717, 1.165) is 5.56 Å². The van der Waals surface area contributed by atoms with Crippen LogP contribution in [0.5, 0.6) is 0 Å². The normalized spacial score (nSPS) is 11.4. The Labute approximate surface area is 130 Å². The lowest BCUT2D eigenvalue weighted by atomic mass is 10.2. The Morgan fingerprint density at radius 3 is 2.67 bits per heavy atom. The summed E-state index contributed by atoms with van der Waals surface area (Å²) in [6, 6.07) is 5.58. The predicted octanol–water partition coefficient (Wildman–Crippen LogP) is 2.55. The van der Waals surface area contributed by atoms with Crippen molar-refractivity contribution in [2.24, 2.45) is 5.73 Å². The molecular weight excluding hydrogens is 361 g/mol. The fourth-order valence-electron chi connectivity index (χ4n) is 1.64. The zero-order valence-electron chi connectivity index (χ0n) is 11.1. The Hall–Kier alpha value is -1.51. The fraction of sp³-hybridized carbons (Fsp3) is 0.154. The van der Waals surface area contributed by atoms with Gasteiger partial charge in [-0.1, -0.05) is 6.07 Å². The van der Waals surface area contributed by atoms with Crippen molar-refractivity contribution in [3.63, 3.8) is 0 Å². The standard InChI is InChI=1S/C13H13BrFN3O2S/c1-8-4-11(15)10(14)5-12(8)18-21(19,20)13-3-2-9(6-16)7-17-13/h2-5,7,18H,6,16H2,1H3. The number of aromatic nitrogens is 1. The van der Waals surface area contributed by atoms with Gasteiger partial charge in [-0.2, -0.15) is 8.42 Å². The molecule has 112 valence electrons. The van der Waals surface area contributed by atoms with E-state index in [0.29, 0.717) is 5.56 Å². The molecule has 2 aromatic rings. The first-order valence-electron chi connectivity index (χ1n) is 5.97. The first kappa shape index (κ1) is 15.9. The average Bonchev–Trinajstić information content (AvgIpc) is 2.44. The van der Waals surface area contributed by atoms with Crippen molar-refractivity contribution < 1.29 is 12.8 Å². The van der Waals surface area contributed by atoms with Crippen LogP contribution in [0.4, 0.5) is 10.1 Å². The number of sulfonamides is 1. The summed E-state index contributed by atoms with van der Waals surface area (Å²) in [5, 5.41) is -0.125. The topological polar surface area (TPSA) is 85.1 Å². The molecule has 0 unspecified atom stereocenters. The Morgan fingerprint density at radius 2 is 2.10 bits per heavy atom. The molecule has 0 fully saturated rings. The number of pyridine rings is 1. The number of halogens is 2. The third-order valence-corrected chi connectivity index (χ3v) is 4.71. The molecule has 3 N–H and O–H groups in total. The van der Waals surface area contributed by atoms with Gasteiger partial charge in [0.1, 0.15) is 5.82 Å². The first-order chi connectivity index (χ1) is 9.83. The van der Waals surface area contributed by atoms with E-state index in [2.05, 4.69) is 25.6 Å². The maximum absolute atomic E-state index is 13.4. The smallest absolute Gasteiger partial charge is 0.279 e. The zero-order chi connectivity index (χ0) is 15.6. The van der Waals surface area contributed by atoms with Crippen molar-refractivity contribution in [3.8, 4) is 0 Å². The minimum absolute atomic E-state index is 0.125. The van der Waals surface area contributed by atoms with Crippen LogP contribution in [0.3, 0.4) is 0 Å². The molecule has 1 heterocycles. The van der Waals surface area contributed by atoms with Crippen LogP contribution in [0.2, 0.25) is 0 Å². The largest absolute Gasteiger partial charge is 0.326 e. The summed E-state index contributed by atoms with van der Waals surface area (Å²) in [5.41, 5.74) is 6.92. The van der Waals surface area contributed by atoms with Gasteiger partial charge in [0.25, 0.3) is 10.0 Å². The van der Waals surface area contributed by atoms with Gasteiger partial charge in [-0.3, -0.25) is 4.72 Å². The van der Waals surface area contributed by atoms with E-state index in [9.17, 15) is 12.8 Å². The van der Waals surface area contributed by atoms with E-state index in [1.807, 2.05) is 0 Å². The minimum atomic E-state index is -3.84. The van der Waals surface area contributed by atoms with Gasteiger partial charge in [0.05, 0.1) is 10.2 Å². The molecule has 0 bridgehead atoms. The van der Waals surface area contributed by atoms with E-state index >= 15 is 0 Å². The molecule has 0 aliphatic rings. The van der Waals surface area contributed by atoms with Crippen molar-refractivity contribution >= 4 is 31.6 Å². The van der Waals surface area contributed by atoms with Crippen LogP contribution in [0.15, 0.2) is 40.0 Å². The van der Waals surface area contributed by atoms with Gasteiger partial charge >= 0.3 is 0 Å². The molecular formula is C13H13BrFN3O2S. The molecule has 0 saturated carbocycles. The highest BCUT2D eigenvalue weighted by Crippen LogP contribution is 2.26. The molecule has 0 aliphatic carbocycles. The molecule has 0 saturated heterocycles. The van der Waals surface area contributed by atoms with Crippen molar-refractivity contribution in [1.29, 1.82) is 0 Å². The fourth-order valence-corrected chi connectivity index (χ4v) is 3.04. The first-order valence-corrected chi connectivity index (χ1v) is 8.24. The van der Waals surface area contributed by atoms with Gasteiger partial charge in [0, 0.05) is 12.7 Å². The molecule has 1 aromatic carbocycles. The number of hydrogen-bond acceptors (Lipinski definition) is 4. The van der Waals surface area contributed by atoms with Crippen LogP contribution in [-0.4, -0.2) is 13.4 Å². The van der Waals surface area contributed by atoms with E-state index in [4.69, 9.17) is 5.73 Å². The highest BCUT2D eigenvalue weighted by Gasteiger charge is 2.17. The van der Waals surface area contributed by atoms with E-state index in [1.165, 1.54) is 24.4 Å². The second kappa shape index (κ2) is 6.08. The van der Waals surface area contributed by atoms with Gasteiger partial charge in [-0.15, -0.1) is 0 Å². The van der Waals surface area contributed by atoms with E-state index in [-0.39, 0.29) is 21.7 Å². The number of benzene rings is 1. The predicted molar refractivity (Wildman–Crippen MR) is 81.8 cm³/mol. The molecule has 0 spiro atoms. The molecule has 5 nitrogen and oxygen atoms in total. The zero-order valence-corrected chi connectivity index (χ0v) is 13.5. The third kappa shape index (κ3) is 3.58. The van der Waals surface area contributed by atoms with Gasteiger partial charge in [0.15, 0.2) is 5.03 Å². The summed E-state index contributed by atoms with van der Waals surface area (Å²) in [6.45, 7) is 1.89. The van der Waals surface area contributed by atoms with Crippen LogP contribution in [0.25, 0.3) is 0 Å². The Kier molecular flexibility index (Phi) is 4.60. The number of nitrogens with zero attached hydrogens (tertiary/aromatic N) is 1. The summed E-state index contributed by atoms with van der Waals surface area (Å²) < 4.78 is 40.4. The van der Waals surface area contributed by atoms with Crippen LogP contribution in [0, 0.1) is 12.7 Å². The Bertz CT molecular complexity index is 764. The number of rotatable bonds is 4. The summed E-state index contributed by atoms with van der Waals surface area (Å²) in [4.78, 5) is 3.87. The summed E-state index contributed by atoms with van der Waals surface area (Å²) in [5.74, 6) is -0.458. The highest BCUT2D eigenvalue weighted by molar-refractivity contribution is 9.10. The number of hydrogen-bond donors (Lipinski definition) is 2. The lowest BCUT2D eigenvalue weighted by molar-refractivity contribution is 0.597. The van der Waals surface area contributed by atoms with Crippen LogP contribution >= 0.6 is 15.9 Å². The molecule has 2 rings (SSSR count). The number of anilines is 1.